The quantitative estimate of drug-likeness (QED) is 0.316. The van der Waals surface area contributed by atoms with Gasteiger partial charge in [0.15, 0.2) is 0 Å². The zero-order valence-electron chi connectivity index (χ0n) is 11.0. The molecule has 0 heterocycles. The second-order valence-electron chi connectivity index (χ2n) is 4.78. The lowest BCUT2D eigenvalue weighted by Crippen LogP contribution is -2.19. The van der Waals surface area contributed by atoms with E-state index in [1.807, 2.05) is 0 Å². The molecule has 17 heavy (non-hydrogen) atoms. The molecule has 0 aliphatic rings. The van der Waals surface area contributed by atoms with Gasteiger partial charge in [-0.2, -0.15) is 0 Å². The van der Waals surface area contributed by atoms with E-state index in [0.29, 0.717) is 13.2 Å². The molecule has 2 N–H and O–H groups in total. The van der Waals surface area contributed by atoms with Gasteiger partial charge in [-0.25, -0.2) is 9.78 Å². The number of hydrogen-bond donors (Lipinski definition) is 2. The minimum atomic E-state index is 0.190. The fourth-order valence-corrected chi connectivity index (χ4v) is 2.15. The van der Waals surface area contributed by atoms with Crippen molar-refractivity contribution in [2.24, 2.45) is 5.41 Å². The van der Waals surface area contributed by atoms with Gasteiger partial charge in [0.1, 0.15) is 0 Å². The maximum atomic E-state index is 8.32. The topological polar surface area (TPSA) is 68.2 Å². The van der Waals surface area contributed by atoms with Gasteiger partial charge in [-0.1, -0.05) is 6.92 Å². The molecule has 0 aliphatic carbocycles. The molecular formula is C12H26O5. The molecule has 0 amide bonds. The van der Waals surface area contributed by atoms with Crippen LogP contribution in [0.5, 0.6) is 0 Å². The molecule has 0 spiro atoms. The lowest BCUT2D eigenvalue weighted by atomic mass is 9.77. The molecule has 0 unspecified atom stereocenters. The molecule has 104 valence electrons. The number of methoxy groups -OCH3 is 1. The monoisotopic (exact) mass is 250 g/mol. The van der Waals surface area contributed by atoms with Gasteiger partial charge in [-0.3, -0.25) is 10.5 Å². The van der Waals surface area contributed by atoms with Crippen molar-refractivity contribution in [2.75, 3.05) is 26.9 Å². The molecular weight excluding hydrogens is 224 g/mol. The van der Waals surface area contributed by atoms with Crippen LogP contribution in [0.15, 0.2) is 0 Å². The van der Waals surface area contributed by atoms with Gasteiger partial charge >= 0.3 is 0 Å². The normalized spacial score (nSPS) is 12.0. The predicted octanol–water partition coefficient (Wildman–Crippen LogP) is 2.96. The van der Waals surface area contributed by atoms with Crippen LogP contribution in [0.2, 0.25) is 0 Å². The molecule has 0 rings (SSSR count). The lowest BCUT2D eigenvalue weighted by Gasteiger charge is -2.29. The van der Waals surface area contributed by atoms with E-state index in [1.165, 1.54) is 0 Å². The Hall–Kier alpha value is -0.200. The van der Waals surface area contributed by atoms with Crippen LogP contribution in [-0.2, 0) is 14.5 Å². The second-order valence-corrected chi connectivity index (χ2v) is 4.78. The summed E-state index contributed by atoms with van der Waals surface area (Å²) in [5.41, 5.74) is 0.190. The first-order valence-corrected chi connectivity index (χ1v) is 6.20. The highest BCUT2D eigenvalue weighted by atomic mass is 17.1. The molecule has 0 aromatic heterocycles. The maximum Gasteiger partial charge on any atom is 0.0820 e. The van der Waals surface area contributed by atoms with Gasteiger partial charge in [0.05, 0.1) is 13.2 Å². The van der Waals surface area contributed by atoms with E-state index >= 15 is 0 Å². The number of ether oxygens (including phenoxy) is 1. The van der Waals surface area contributed by atoms with Crippen LogP contribution in [0.25, 0.3) is 0 Å². The van der Waals surface area contributed by atoms with E-state index in [0.717, 1.165) is 45.1 Å². The molecule has 5 heteroatoms. The third-order valence-corrected chi connectivity index (χ3v) is 3.16. The fourth-order valence-electron chi connectivity index (χ4n) is 2.15. The van der Waals surface area contributed by atoms with Gasteiger partial charge in [-0.15, -0.1) is 0 Å². The van der Waals surface area contributed by atoms with Gasteiger partial charge in [0.25, 0.3) is 0 Å². The van der Waals surface area contributed by atoms with Crippen molar-refractivity contribution < 1.29 is 25.0 Å². The Morgan fingerprint density at radius 1 is 0.824 bits per heavy atom. The molecule has 0 bridgehead atoms. The summed E-state index contributed by atoms with van der Waals surface area (Å²) < 4.78 is 5.06. The first-order valence-electron chi connectivity index (χ1n) is 6.20. The summed E-state index contributed by atoms with van der Waals surface area (Å²) in [4.78, 5) is 8.20. The fraction of sp³-hybridized carbons (Fsp3) is 1.00. The Morgan fingerprint density at radius 3 is 1.59 bits per heavy atom. The molecule has 0 aliphatic heterocycles. The van der Waals surface area contributed by atoms with Gasteiger partial charge in [0, 0.05) is 13.7 Å². The molecule has 0 aromatic carbocycles. The van der Waals surface area contributed by atoms with Crippen LogP contribution in [0.4, 0.5) is 0 Å². The van der Waals surface area contributed by atoms with Crippen LogP contribution < -0.4 is 0 Å². The minimum Gasteiger partial charge on any atom is -0.385 e. The van der Waals surface area contributed by atoms with Crippen molar-refractivity contribution in [3.8, 4) is 0 Å². The SMILES string of the molecule is COCCCC(C)(CCCOO)CCCOO. The molecule has 0 radical (unpaired) electrons. The largest absolute Gasteiger partial charge is 0.385 e. The van der Waals surface area contributed by atoms with Crippen LogP contribution in [0.1, 0.15) is 45.4 Å². The average Bonchev–Trinajstić information content (AvgIpc) is 2.30. The third-order valence-electron chi connectivity index (χ3n) is 3.16. The third kappa shape index (κ3) is 9.50. The molecule has 0 atom stereocenters. The summed E-state index contributed by atoms with van der Waals surface area (Å²) in [6.45, 7) is 3.73. The van der Waals surface area contributed by atoms with E-state index in [1.54, 1.807) is 7.11 Å². The first kappa shape index (κ1) is 16.8. The van der Waals surface area contributed by atoms with Crippen LogP contribution >= 0.6 is 0 Å². The summed E-state index contributed by atoms with van der Waals surface area (Å²) in [6, 6.07) is 0. The minimum absolute atomic E-state index is 0.190. The molecule has 0 saturated carbocycles. The highest BCUT2D eigenvalue weighted by Crippen LogP contribution is 2.34. The Kier molecular flexibility index (Phi) is 10.8. The summed E-state index contributed by atoms with van der Waals surface area (Å²) in [7, 11) is 1.70. The standard InChI is InChI=1S/C12H26O5/c1-12(6-3-9-15-2,7-4-10-16-13)8-5-11-17-14/h13-14H,3-11H2,1-2H3. The van der Waals surface area contributed by atoms with Gasteiger partial charge in [-0.05, 0) is 43.9 Å². The summed E-state index contributed by atoms with van der Waals surface area (Å²) in [5, 5.41) is 16.6. The van der Waals surface area contributed by atoms with Crippen molar-refractivity contribution >= 4 is 0 Å². The Morgan fingerprint density at radius 2 is 1.24 bits per heavy atom. The average molecular weight is 250 g/mol. The number of hydrogen-bond acceptors (Lipinski definition) is 5. The van der Waals surface area contributed by atoms with E-state index in [9.17, 15) is 0 Å². The number of rotatable bonds is 12. The Balaban J connectivity index is 3.95. The van der Waals surface area contributed by atoms with Crippen molar-refractivity contribution in [1.29, 1.82) is 0 Å². The van der Waals surface area contributed by atoms with Crippen LogP contribution in [0, 0.1) is 5.41 Å². The summed E-state index contributed by atoms with van der Waals surface area (Å²) in [6.07, 6.45) is 5.73. The summed E-state index contributed by atoms with van der Waals surface area (Å²) >= 11 is 0. The lowest BCUT2D eigenvalue weighted by molar-refractivity contribution is -0.245. The highest BCUT2D eigenvalue weighted by Gasteiger charge is 2.23. The van der Waals surface area contributed by atoms with Crippen molar-refractivity contribution in [3.63, 3.8) is 0 Å². The van der Waals surface area contributed by atoms with E-state index in [-0.39, 0.29) is 5.41 Å². The second kappa shape index (κ2) is 10.9. The van der Waals surface area contributed by atoms with Crippen LogP contribution in [0.3, 0.4) is 0 Å². The Labute approximate surface area is 104 Å². The zero-order valence-corrected chi connectivity index (χ0v) is 11.0. The molecule has 0 aromatic rings. The van der Waals surface area contributed by atoms with E-state index < -0.39 is 0 Å². The Bertz CT molecular complexity index is 136. The molecule has 0 saturated heterocycles. The first-order chi connectivity index (χ1) is 8.18. The zero-order chi connectivity index (χ0) is 13.0. The highest BCUT2D eigenvalue weighted by molar-refractivity contribution is 4.74. The van der Waals surface area contributed by atoms with E-state index in [2.05, 4.69) is 16.7 Å². The summed E-state index contributed by atoms with van der Waals surface area (Å²) in [5.74, 6) is 0. The van der Waals surface area contributed by atoms with Crippen molar-refractivity contribution in [1.82, 2.24) is 0 Å². The van der Waals surface area contributed by atoms with E-state index in [4.69, 9.17) is 15.3 Å². The smallest absolute Gasteiger partial charge is 0.0820 e. The van der Waals surface area contributed by atoms with Crippen LogP contribution in [-0.4, -0.2) is 37.4 Å². The maximum absolute atomic E-state index is 8.32. The predicted molar refractivity (Wildman–Crippen MR) is 64.8 cm³/mol. The molecule has 0 fully saturated rings. The van der Waals surface area contributed by atoms with Crippen molar-refractivity contribution in [2.45, 2.75) is 45.4 Å². The molecule has 5 nitrogen and oxygen atoms in total. The van der Waals surface area contributed by atoms with Gasteiger partial charge < -0.3 is 4.74 Å². The van der Waals surface area contributed by atoms with Gasteiger partial charge in [0.2, 0.25) is 0 Å². The van der Waals surface area contributed by atoms with Crippen molar-refractivity contribution in [3.05, 3.63) is 0 Å².